The molecule has 1 atom stereocenters. The molecule has 0 saturated carbocycles. The molecule has 0 spiro atoms. The van der Waals surface area contributed by atoms with Crippen LogP contribution in [0, 0.1) is 6.92 Å². The zero-order valence-electron chi connectivity index (χ0n) is 23.9. The maximum atomic E-state index is 13.6. The molecule has 4 aromatic rings. The van der Waals surface area contributed by atoms with Crippen LogP contribution >= 0.6 is 0 Å². The summed E-state index contributed by atoms with van der Waals surface area (Å²) in [5, 5.41) is 2.68. The molecule has 1 amide bonds. The van der Waals surface area contributed by atoms with Crippen LogP contribution in [0.15, 0.2) is 104 Å². The number of nitrogens with one attached hydrogen (secondary N) is 1. The lowest BCUT2D eigenvalue weighted by molar-refractivity contribution is -0.136. The maximum absolute atomic E-state index is 13.6. The third-order valence-electron chi connectivity index (χ3n) is 6.65. The van der Waals surface area contributed by atoms with Gasteiger partial charge in [-0.15, -0.1) is 0 Å². The molecule has 1 aliphatic heterocycles. The van der Waals surface area contributed by atoms with Crippen molar-refractivity contribution in [1.82, 2.24) is 5.32 Å². The number of benzene rings is 3. The highest BCUT2D eigenvalue weighted by atomic mass is 16.6. The summed E-state index contributed by atoms with van der Waals surface area (Å²) in [5.74, 6) is -1.02. The molecule has 0 radical (unpaired) electrons. The number of carbonyl (C=O) groups is 3. The number of nitrogens with two attached hydrogens (primary N) is 1. The van der Waals surface area contributed by atoms with E-state index in [1.807, 2.05) is 60.7 Å². The average molecular weight is 609 g/mol. The molecule has 0 aliphatic carbocycles. The molecule has 3 aromatic carbocycles. The Bertz CT molecular complexity index is 1890. The van der Waals surface area contributed by atoms with Gasteiger partial charge in [0, 0.05) is 24.1 Å². The van der Waals surface area contributed by atoms with Gasteiger partial charge in [0.2, 0.25) is 5.96 Å². The molecule has 1 aromatic heterocycles. The van der Waals surface area contributed by atoms with Gasteiger partial charge in [0.05, 0.1) is 22.9 Å². The highest BCUT2D eigenvalue weighted by Crippen LogP contribution is 2.32. The lowest BCUT2D eigenvalue weighted by Gasteiger charge is -2.18. The van der Waals surface area contributed by atoms with Crippen molar-refractivity contribution in [3.8, 4) is 5.75 Å². The number of aryl methyl sites for hydroxylation is 1. The molecule has 0 bridgehead atoms. The highest BCUT2D eigenvalue weighted by molar-refractivity contribution is 6.28. The zero-order chi connectivity index (χ0) is 31.2. The minimum absolute atomic E-state index is 0. The van der Waals surface area contributed by atoms with Gasteiger partial charge in [0.15, 0.2) is 11.2 Å². The predicted octanol–water partition coefficient (Wildman–Crippen LogP) is 4.88. The largest absolute Gasteiger partial charge is 0.461 e. The van der Waals surface area contributed by atoms with E-state index in [0.717, 1.165) is 11.1 Å². The first-order valence-corrected chi connectivity index (χ1v) is 13.6. The van der Waals surface area contributed by atoms with Gasteiger partial charge in [-0.1, -0.05) is 68.1 Å². The predicted molar refractivity (Wildman–Crippen MR) is 171 cm³/mol. The van der Waals surface area contributed by atoms with E-state index in [1.165, 1.54) is 31.3 Å². The van der Waals surface area contributed by atoms with Crippen molar-refractivity contribution < 1.29 is 28.3 Å². The number of amides is 1. The van der Waals surface area contributed by atoms with Crippen LogP contribution in [0.3, 0.4) is 0 Å². The lowest BCUT2D eigenvalue weighted by atomic mass is 9.96. The van der Waals surface area contributed by atoms with Crippen LogP contribution < -0.4 is 21.2 Å². The van der Waals surface area contributed by atoms with E-state index in [0.29, 0.717) is 5.76 Å². The maximum Gasteiger partial charge on any atom is 0.408 e. The summed E-state index contributed by atoms with van der Waals surface area (Å²) in [7, 11) is 0. The van der Waals surface area contributed by atoms with Gasteiger partial charge in [0.1, 0.15) is 29.7 Å². The second-order valence-electron chi connectivity index (χ2n) is 9.98. The number of hydrogen-bond donors (Lipinski definition) is 2. The average Bonchev–Trinajstić information content (AvgIpc) is 3.41. The molecule has 45 heavy (non-hydrogen) atoms. The van der Waals surface area contributed by atoms with E-state index < -0.39 is 29.3 Å². The molecule has 5 rings (SSSR count). The van der Waals surface area contributed by atoms with Crippen LogP contribution in [0.2, 0.25) is 0 Å². The normalized spacial score (nSPS) is 13.8. The third kappa shape index (κ3) is 7.77. The van der Waals surface area contributed by atoms with Crippen molar-refractivity contribution in [2.75, 3.05) is 0 Å². The Morgan fingerprint density at radius 2 is 1.64 bits per heavy atom. The first-order valence-electron chi connectivity index (χ1n) is 13.6. The number of nitrogens with zero attached hydrogens (tertiary/aromatic N) is 2. The quantitative estimate of drug-likeness (QED) is 0.154. The van der Waals surface area contributed by atoms with Crippen LogP contribution in [0.5, 0.6) is 5.75 Å². The number of rotatable bonds is 9. The standard InChI is InChI=1S/C33H28N4O7.CH4/c1-19-13-27(39)30-24(29(20(2)38)26-17-35-32(34)36-26)15-23(16-28(30)43-19)44-31(40)25(14-21-9-5-3-6-10-21)37-33(41)42-18-22-11-7-4-8-12-22;/h3-13,15-17,25H,14,18H2,1-2H3,(H2,34,36)(H,37,41);1H4/b29-26+;. The molecule has 11 nitrogen and oxygen atoms in total. The number of hydrogen-bond acceptors (Lipinski definition) is 10. The van der Waals surface area contributed by atoms with Crippen LogP contribution in [0.25, 0.3) is 16.5 Å². The molecule has 0 saturated heterocycles. The minimum atomic E-state index is -1.15. The van der Waals surface area contributed by atoms with E-state index in [2.05, 4.69) is 15.3 Å². The fourth-order valence-electron chi connectivity index (χ4n) is 4.71. The van der Waals surface area contributed by atoms with Gasteiger partial charge in [-0.25, -0.2) is 19.6 Å². The Balaban J connectivity index is 0.00000461. The van der Waals surface area contributed by atoms with Crippen molar-refractivity contribution in [3.63, 3.8) is 0 Å². The Morgan fingerprint density at radius 1 is 0.978 bits per heavy atom. The number of esters is 1. The van der Waals surface area contributed by atoms with Gasteiger partial charge in [-0.2, -0.15) is 0 Å². The van der Waals surface area contributed by atoms with Crippen LogP contribution in [-0.4, -0.2) is 36.1 Å². The van der Waals surface area contributed by atoms with Gasteiger partial charge in [0.25, 0.3) is 0 Å². The second-order valence-corrected chi connectivity index (χ2v) is 9.98. The number of ether oxygens (including phenoxy) is 2. The Hall–Kier alpha value is -5.84. The van der Waals surface area contributed by atoms with Crippen molar-refractivity contribution >= 4 is 46.6 Å². The van der Waals surface area contributed by atoms with E-state index >= 15 is 0 Å². The number of alkyl carbamates (subject to hydrolysis) is 1. The fraction of sp³-hybridized carbons (Fsp3) is 0.176. The summed E-state index contributed by atoms with van der Waals surface area (Å²) in [5.41, 5.74) is 7.22. The zero-order valence-corrected chi connectivity index (χ0v) is 23.9. The molecule has 11 heteroatoms. The number of allylic oxidation sites excluding steroid dienone is 2. The number of fused-ring (bicyclic) bond motifs is 1. The summed E-state index contributed by atoms with van der Waals surface area (Å²) in [4.78, 5) is 60.3. The monoisotopic (exact) mass is 608 g/mol. The highest BCUT2D eigenvalue weighted by Gasteiger charge is 2.27. The summed E-state index contributed by atoms with van der Waals surface area (Å²) in [6.07, 6.45) is 0.599. The molecule has 1 unspecified atom stereocenters. The summed E-state index contributed by atoms with van der Waals surface area (Å²) >= 11 is 0. The number of carbonyl (C=O) groups excluding carboxylic acids is 3. The number of Topliss-reactive ketones (excluding diaryl/α,β-unsaturated/α-hetero) is 1. The van der Waals surface area contributed by atoms with Crippen LogP contribution in [0.1, 0.15) is 36.8 Å². The van der Waals surface area contributed by atoms with Crippen LogP contribution in [-0.2, 0) is 27.4 Å². The van der Waals surface area contributed by atoms with E-state index in [9.17, 15) is 19.2 Å². The number of ketones is 1. The molecule has 2 heterocycles. The molecule has 3 N–H and O–H groups in total. The Labute approximate surface area is 259 Å². The first-order chi connectivity index (χ1) is 21.2. The molecule has 1 aliphatic rings. The van der Waals surface area contributed by atoms with Crippen LogP contribution in [0.4, 0.5) is 4.79 Å². The SMILES string of the molecule is C.CC(=O)/C(=C1/C=NC(N)=N1)c1cc(OC(=O)C(Cc2ccccc2)NC(=O)OCc2ccccc2)cc2oc(C)cc(=O)c12. The Kier molecular flexibility index (Phi) is 10.0. The molecular formula is C34H32N4O7. The second kappa shape index (κ2) is 14.1. The van der Waals surface area contributed by atoms with Crippen molar-refractivity contribution in [1.29, 1.82) is 0 Å². The van der Waals surface area contributed by atoms with Gasteiger partial charge < -0.3 is 24.9 Å². The van der Waals surface area contributed by atoms with E-state index in [1.54, 1.807) is 6.92 Å². The summed E-state index contributed by atoms with van der Waals surface area (Å²) < 4.78 is 16.9. The topological polar surface area (TPSA) is 163 Å². The fourth-order valence-corrected chi connectivity index (χ4v) is 4.71. The van der Waals surface area contributed by atoms with Gasteiger partial charge in [-0.05, 0) is 31.0 Å². The first kappa shape index (κ1) is 32.1. The number of guanidine groups is 1. The Morgan fingerprint density at radius 3 is 2.27 bits per heavy atom. The number of aliphatic imine (C=N–C) groups is 2. The third-order valence-corrected chi connectivity index (χ3v) is 6.65. The van der Waals surface area contributed by atoms with Gasteiger partial charge in [-0.3, -0.25) is 9.59 Å². The van der Waals surface area contributed by atoms with E-state index in [-0.39, 0.29) is 60.0 Å². The smallest absolute Gasteiger partial charge is 0.408 e. The van der Waals surface area contributed by atoms with Gasteiger partial charge >= 0.3 is 12.1 Å². The van der Waals surface area contributed by atoms with Crippen molar-refractivity contribution in [3.05, 3.63) is 117 Å². The van der Waals surface area contributed by atoms with E-state index in [4.69, 9.17) is 19.6 Å². The summed E-state index contributed by atoms with van der Waals surface area (Å²) in [6, 6.07) is 21.1. The van der Waals surface area contributed by atoms with Crippen molar-refractivity contribution in [2.45, 2.75) is 40.3 Å². The molecular weight excluding hydrogens is 576 g/mol. The molecule has 0 fully saturated rings. The summed E-state index contributed by atoms with van der Waals surface area (Å²) in [6.45, 7) is 2.91. The lowest BCUT2D eigenvalue weighted by Crippen LogP contribution is -2.44. The molecule has 230 valence electrons. The van der Waals surface area contributed by atoms with Crippen molar-refractivity contribution in [2.24, 2.45) is 15.7 Å². The minimum Gasteiger partial charge on any atom is -0.461 e.